The molecule has 1 saturated heterocycles. The second-order valence-electron chi connectivity index (χ2n) is 4.68. The Morgan fingerprint density at radius 1 is 1.43 bits per heavy atom. The summed E-state index contributed by atoms with van der Waals surface area (Å²) in [4.78, 5) is 1.23. The molecular weight excluding hydrogens is 196 g/mol. The lowest BCUT2D eigenvalue weighted by Crippen LogP contribution is -2.40. The number of ether oxygens (including phenoxy) is 1. The summed E-state index contributed by atoms with van der Waals surface area (Å²) in [7, 11) is 0. The van der Waals surface area contributed by atoms with Crippen LogP contribution in [0.2, 0.25) is 0 Å². The first-order valence-electron chi connectivity index (χ1n) is 4.81. The fraction of sp³-hybridized carbons (Fsp3) is 0.636. The Kier molecular flexibility index (Phi) is 2.21. The molecule has 0 bridgehead atoms. The van der Waals surface area contributed by atoms with Crippen molar-refractivity contribution in [1.29, 1.82) is 0 Å². The van der Waals surface area contributed by atoms with Crippen molar-refractivity contribution in [3.63, 3.8) is 0 Å². The van der Waals surface area contributed by atoms with Gasteiger partial charge < -0.3 is 9.84 Å². The zero-order valence-electron chi connectivity index (χ0n) is 8.83. The standard InChI is InChI=1S/C11H16O2S/c1-8-4-9(5-14-8)11(12)7-13-6-10(11,2)3/h4-5,12H,6-7H2,1-3H3. The van der Waals surface area contributed by atoms with Crippen LogP contribution in [0.5, 0.6) is 0 Å². The van der Waals surface area contributed by atoms with E-state index in [1.165, 1.54) is 4.88 Å². The Morgan fingerprint density at radius 3 is 2.57 bits per heavy atom. The van der Waals surface area contributed by atoms with Crippen molar-refractivity contribution in [3.8, 4) is 0 Å². The van der Waals surface area contributed by atoms with E-state index in [2.05, 4.69) is 13.0 Å². The second-order valence-corrected chi connectivity index (χ2v) is 5.80. The van der Waals surface area contributed by atoms with Crippen LogP contribution in [0.15, 0.2) is 11.4 Å². The van der Waals surface area contributed by atoms with E-state index < -0.39 is 5.60 Å². The van der Waals surface area contributed by atoms with E-state index in [4.69, 9.17) is 4.74 Å². The molecule has 2 nitrogen and oxygen atoms in total. The van der Waals surface area contributed by atoms with Gasteiger partial charge in [-0.1, -0.05) is 13.8 Å². The molecule has 14 heavy (non-hydrogen) atoms. The Bertz CT molecular complexity index is 343. The predicted octanol–water partition coefficient (Wildman–Crippen LogP) is 2.30. The van der Waals surface area contributed by atoms with Gasteiger partial charge in [0.2, 0.25) is 0 Å². The first-order valence-corrected chi connectivity index (χ1v) is 5.69. The van der Waals surface area contributed by atoms with Crippen molar-refractivity contribution in [2.45, 2.75) is 26.4 Å². The molecule has 0 amide bonds. The summed E-state index contributed by atoms with van der Waals surface area (Å²) in [5.41, 5.74) is 0.000602. The molecular formula is C11H16O2S. The second kappa shape index (κ2) is 3.05. The summed E-state index contributed by atoms with van der Waals surface area (Å²) in [6.45, 7) is 7.19. The summed E-state index contributed by atoms with van der Waals surface area (Å²) in [6, 6.07) is 2.06. The molecule has 0 spiro atoms. The van der Waals surface area contributed by atoms with Crippen LogP contribution >= 0.6 is 11.3 Å². The van der Waals surface area contributed by atoms with Crippen LogP contribution in [0.4, 0.5) is 0 Å². The van der Waals surface area contributed by atoms with Crippen LogP contribution in [-0.4, -0.2) is 18.3 Å². The van der Waals surface area contributed by atoms with Crippen LogP contribution in [-0.2, 0) is 10.3 Å². The SMILES string of the molecule is Cc1cc(C2(O)COCC2(C)C)cs1. The molecule has 2 heterocycles. The normalized spacial score (nSPS) is 30.9. The minimum atomic E-state index is -0.808. The molecule has 1 fully saturated rings. The maximum absolute atomic E-state index is 10.6. The van der Waals surface area contributed by atoms with Crippen molar-refractivity contribution >= 4 is 11.3 Å². The van der Waals surface area contributed by atoms with E-state index >= 15 is 0 Å². The molecule has 78 valence electrons. The van der Waals surface area contributed by atoms with Crippen LogP contribution in [0.25, 0.3) is 0 Å². The van der Waals surface area contributed by atoms with Crippen LogP contribution in [0, 0.1) is 12.3 Å². The van der Waals surface area contributed by atoms with Gasteiger partial charge in [-0.05, 0) is 23.9 Å². The van der Waals surface area contributed by atoms with Gasteiger partial charge in [-0.25, -0.2) is 0 Å². The molecule has 1 atom stereocenters. The van der Waals surface area contributed by atoms with Gasteiger partial charge in [0.25, 0.3) is 0 Å². The van der Waals surface area contributed by atoms with Crippen molar-refractivity contribution in [2.24, 2.45) is 5.41 Å². The van der Waals surface area contributed by atoms with Gasteiger partial charge in [-0.2, -0.15) is 0 Å². The third-order valence-electron chi connectivity index (χ3n) is 3.10. The molecule has 1 unspecified atom stereocenters. The molecule has 0 aromatic carbocycles. The zero-order valence-corrected chi connectivity index (χ0v) is 9.65. The van der Waals surface area contributed by atoms with Crippen molar-refractivity contribution in [2.75, 3.05) is 13.2 Å². The highest BCUT2D eigenvalue weighted by Crippen LogP contribution is 2.45. The molecule has 1 aliphatic heterocycles. The van der Waals surface area contributed by atoms with E-state index in [0.717, 1.165) is 5.56 Å². The molecule has 0 aliphatic carbocycles. The maximum Gasteiger partial charge on any atom is 0.121 e. The number of hydrogen-bond acceptors (Lipinski definition) is 3. The first kappa shape index (κ1) is 10.1. The average molecular weight is 212 g/mol. The smallest absolute Gasteiger partial charge is 0.121 e. The fourth-order valence-electron chi connectivity index (χ4n) is 1.90. The number of aliphatic hydroxyl groups is 1. The van der Waals surface area contributed by atoms with E-state index in [1.54, 1.807) is 11.3 Å². The number of rotatable bonds is 1. The molecule has 0 saturated carbocycles. The van der Waals surface area contributed by atoms with Gasteiger partial charge >= 0.3 is 0 Å². The monoisotopic (exact) mass is 212 g/mol. The van der Waals surface area contributed by atoms with Gasteiger partial charge in [-0.15, -0.1) is 11.3 Å². The van der Waals surface area contributed by atoms with Crippen LogP contribution in [0.3, 0.4) is 0 Å². The molecule has 0 radical (unpaired) electrons. The number of thiophene rings is 1. The highest BCUT2D eigenvalue weighted by Gasteiger charge is 2.50. The summed E-state index contributed by atoms with van der Waals surface area (Å²) < 4.78 is 5.39. The Balaban J connectivity index is 2.41. The summed E-state index contributed by atoms with van der Waals surface area (Å²) in [5.74, 6) is 0. The molecule has 1 aliphatic rings. The topological polar surface area (TPSA) is 29.5 Å². The number of aryl methyl sites for hydroxylation is 1. The predicted molar refractivity (Wildman–Crippen MR) is 57.6 cm³/mol. The molecule has 2 rings (SSSR count). The van der Waals surface area contributed by atoms with Gasteiger partial charge in [0.05, 0.1) is 13.2 Å². The van der Waals surface area contributed by atoms with Crippen LogP contribution < -0.4 is 0 Å². The average Bonchev–Trinajstić information content (AvgIpc) is 2.60. The van der Waals surface area contributed by atoms with Gasteiger partial charge in [0.15, 0.2) is 0 Å². The minimum Gasteiger partial charge on any atom is -0.382 e. The first-order chi connectivity index (χ1) is 6.46. The molecule has 1 aromatic rings. The largest absolute Gasteiger partial charge is 0.382 e. The maximum atomic E-state index is 10.6. The summed E-state index contributed by atoms with van der Waals surface area (Å²) >= 11 is 1.67. The molecule has 1 aromatic heterocycles. The third-order valence-corrected chi connectivity index (χ3v) is 3.96. The Labute approximate surface area is 88.5 Å². The summed E-state index contributed by atoms with van der Waals surface area (Å²) in [5, 5.41) is 12.6. The zero-order chi connectivity index (χ0) is 10.4. The number of hydrogen-bond donors (Lipinski definition) is 1. The lowest BCUT2D eigenvalue weighted by molar-refractivity contribution is -0.0378. The fourth-order valence-corrected chi connectivity index (χ4v) is 2.67. The molecule has 1 N–H and O–H groups in total. The van der Waals surface area contributed by atoms with Gasteiger partial charge in [-0.3, -0.25) is 0 Å². The summed E-state index contributed by atoms with van der Waals surface area (Å²) in [6.07, 6.45) is 0. The third kappa shape index (κ3) is 1.31. The van der Waals surface area contributed by atoms with E-state index in [-0.39, 0.29) is 5.41 Å². The Morgan fingerprint density at radius 2 is 2.14 bits per heavy atom. The quantitative estimate of drug-likeness (QED) is 0.774. The van der Waals surface area contributed by atoms with Crippen LogP contribution in [0.1, 0.15) is 24.3 Å². The van der Waals surface area contributed by atoms with Gasteiger partial charge in [0.1, 0.15) is 5.60 Å². The van der Waals surface area contributed by atoms with E-state index in [0.29, 0.717) is 13.2 Å². The van der Waals surface area contributed by atoms with Crippen molar-refractivity contribution in [3.05, 3.63) is 21.9 Å². The highest BCUT2D eigenvalue weighted by molar-refractivity contribution is 7.10. The van der Waals surface area contributed by atoms with Crippen molar-refractivity contribution in [1.82, 2.24) is 0 Å². The van der Waals surface area contributed by atoms with E-state index in [1.807, 2.05) is 19.2 Å². The lowest BCUT2D eigenvalue weighted by Gasteiger charge is -2.33. The Hall–Kier alpha value is -0.380. The highest BCUT2D eigenvalue weighted by atomic mass is 32.1. The van der Waals surface area contributed by atoms with E-state index in [9.17, 15) is 5.11 Å². The minimum absolute atomic E-state index is 0.194. The van der Waals surface area contributed by atoms with Crippen molar-refractivity contribution < 1.29 is 9.84 Å². The van der Waals surface area contributed by atoms with Gasteiger partial charge in [0, 0.05) is 10.3 Å². The lowest BCUT2D eigenvalue weighted by atomic mass is 9.74. The molecule has 3 heteroatoms.